The van der Waals surface area contributed by atoms with Gasteiger partial charge in [0.2, 0.25) is 11.8 Å². The van der Waals surface area contributed by atoms with Crippen molar-refractivity contribution in [2.45, 2.75) is 19.3 Å². The van der Waals surface area contributed by atoms with Crippen molar-refractivity contribution in [2.75, 3.05) is 39.3 Å². The highest BCUT2D eigenvalue weighted by molar-refractivity contribution is 5.78. The van der Waals surface area contributed by atoms with E-state index in [2.05, 4.69) is 15.5 Å². The maximum atomic E-state index is 11.6. The molecule has 98 valence electrons. The van der Waals surface area contributed by atoms with E-state index in [9.17, 15) is 9.59 Å². The quantitative estimate of drug-likeness (QED) is 0.503. The van der Waals surface area contributed by atoms with Crippen LogP contribution in [0.2, 0.25) is 0 Å². The molecule has 1 rings (SSSR count). The Labute approximate surface area is 102 Å². The second-order valence-electron chi connectivity index (χ2n) is 4.30. The van der Waals surface area contributed by atoms with E-state index in [-0.39, 0.29) is 11.8 Å². The molecule has 2 amide bonds. The molecular weight excluding hydrogens is 220 g/mol. The summed E-state index contributed by atoms with van der Waals surface area (Å²) >= 11 is 0. The molecule has 17 heavy (non-hydrogen) atoms. The smallest absolute Gasteiger partial charge is 0.234 e. The van der Waals surface area contributed by atoms with Crippen molar-refractivity contribution in [3.63, 3.8) is 0 Å². The molecule has 0 spiro atoms. The van der Waals surface area contributed by atoms with Crippen molar-refractivity contribution < 1.29 is 9.59 Å². The van der Waals surface area contributed by atoms with Gasteiger partial charge in [0.15, 0.2) is 0 Å². The van der Waals surface area contributed by atoms with Crippen molar-refractivity contribution in [2.24, 2.45) is 5.73 Å². The molecule has 1 heterocycles. The van der Waals surface area contributed by atoms with Gasteiger partial charge in [0.1, 0.15) is 0 Å². The molecule has 0 bridgehead atoms. The van der Waals surface area contributed by atoms with Crippen molar-refractivity contribution in [1.29, 1.82) is 0 Å². The van der Waals surface area contributed by atoms with Crippen LogP contribution in [0.4, 0.5) is 0 Å². The van der Waals surface area contributed by atoms with Gasteiger partial charge in [-0.15, -0.1) is 0 Å². The van der Waals surface area contributed by atoms with Gasteiger partial charge in [0.25, 0.3) is 0 Å². The molecule has 4 N–H and O–H groups in total. The molecule has 0 saturated carbocycles. The fraction of sp³-hybridized carbons (Fsp3) is 0.818. The van der Waals surface area contributed by atoms with E-state index in [1.807, 2.05) is 0 Å². The Hall–Kier alpha value is -1.14. The zero-order valence-corrected chi connectivity index (χ0v) is 10.2. The summed E-state index contributed by atoms with van der Waals surface area (Å²) in [6, 6.07) is 0. The summed E-state index contributed by atoms with van der Waals surface area (Å²) in [5.41, 5.74) is 5.01. The van der Waals surface area contributed by atoms with Crippen LogP contribution in [0.3, 0.4) is 0 Å². The van der Waals surface area contributed by atoms with E-state index in [0.717, 1.165) is 32.6 Å². The number of hydrogen-bond donors (Lipinski definition) is 3. The number of nitrogens with one attached hydrogen (secondary N) is 2. The van der Waals surface area contributed by atoms with Crippen LogP contribution < -0.4 is 16.4 Å². The van der Waals surface area contributed by atoms with Crippen molar-refractivity contribution >= 4 is 11.8 Å². The van der Waals surface area contributed by atoms with Crippen LogP contribution in [0.5, 0.6) is 0 Å². The van der Waals surface area contributed by atoms with Crippen LogP contribution in [0.1, 0.15) is 19.3 Å². The summed E-state index contributed by atoms with van der Waals surface area (Å²) in [6.45, 7) is 4.80. The zero-order chi connectivity index (χ0) is 12.5. The maximum absolute atomic E-state index is 11.6. The molecule has 0 aromatic heterocycles. The van der Waals surface area contributed by atoms with Crippen LogP contribution in [0.15, 0.2) is 0 Å². The average molecular weight is 242 g/mol. The predicted octanol–water partition coefficient (Wildman–Crippen LogP) is -1.34. The van der Waals surface area contributed by atoms with Crippen molar-refractivity contribution in [3.8, 4) is 0 Å². The third-order valence-electron chi connectivity index (χ3n) is 2.72. The molecule has 0 aromatic carbocycles. The highest BCUT2D eigenvalue weighted by atomic mass is 16.2. The Morgan fingerprint density at radius 3 is 2.88 bits per heavy atom. The van der Waals surface area contributed by atoms with Crippen LogP contribution in [0.25, 0.3) is 0 Å². The van der Waals surface area contributed by atoms with Crippen LogP contribution in [0, 0.1) is 0 Å². The van der Waals surface area contributed by atoms with E-state index in [1.165, 1.54) is 0 Å². The van der Waals surface area contributed by atoms with Gasteiger partial charge in [0, 0.05) is 26.1 Å². The lowest BCUT2D eigenvalue weighted by Gasteiger charge is -2.18. The third-order valence-corrected chi connectivity index (χ3v) is 2.72. The summed E-state index contributed by atoms with van der Waals surface area (Å²) < 4.78 is 0. The topological polar surface area (TPSA) is 87.5 Å². The van der Waals surface area contributed by atoms with E-state index >= 15 is 0 Å². The minimum absolute atomic E-state index is 0.0244. The monoisotopic (exact) mass is 242 g/mol. The van der Waals surface area contributed by atoms with Crippen LogP contribution in [-0.4, -0.2) is 56.0 Å². The number of primary amides is 1. The molecule has 1 aliphatic rings. The lowest BCUT2D eigenvalue weighted by Crippen LogP contribution is -2.39. The molecule has 0 aliphatic carbocycles. The lowest BCUT2D eigenvalue weighted by molar-refractivity contribution is -0.122. The first-order chi connectivity index (χ1) is 8.18. The summed E-state index contributed by atoms with van der Waals surface area (Å²) in [7, 11) is 0. The predicted molar refractivity (Wildman–Crippen MR) is 65.4 cm³/mol. The molecule has 1 fully saturated rings. The first-order valence-corrected chi connectivity index (χ1v) is 6.16. The van der Waals surface area contributed by atoms with E-state index in [0.29, 0.717) is 25.9 Å². The zero-order valence-electron chi connectivity index (χ0n) is 10.2. The third kappa shape index (κ3) is 6.91. The van der Waals surface area contributed by atoms with E-state index < -0.39 is 0 Å². The highest BCUT2D eigenvalue weighted by Gasteiger charge is 2.11. The van der Waals surface area contributed by atoms with Gasteiger partial charge in [-0.05, 0) is 25.9 Å². The van der Waals surface area contributed by atoms with Gasteiger partial charge in [-0.3, -0.25) is 14.5 Å². The SMILES string of the molecule is NC(=O)CCCNC(=O)CN1CCCNCC1. The molecular formula is C11H22N4O2. The Balaban J connectivity index is 2.08. The second kappa shape index (κ2) is 8.03. The summed E-state index contributed by atoms with van der Waals surface area (Å²) in [4.78, 5) is 24.2. The first kappa shape index (κ1) is 13.9. The average Bonchev–Trinajstić information content (AvgIpc) is 2.53. The molecule has 0 atom stereocenters. The van der Waals surface area contributed by atoms with Gasteiger partial charge >= 0.3 is 0 Å². The molecule has 0 radical (unpaired) electrons. The Bertz CT molecular complexity index is 250. The number of carbonyl (C=O) groups is 2. The van der Waals surface area contributed by atoms with Crippen LogP contribution >= 0.6 is 0 Å². The van der Waals surface area contributed by atoms with Crippen molar-refractivity contribution in [3.05, 3.63) is 0 Å². The normalized spacial score (nSPS) is 17.4. The maximum Gasteiger partial charge on any atom is 0.234 e. The number of nitrogens with zero attached hydrogens (tertiary/aromatic N) is 1. The molecule has 1 aliphatic heterocycles. The van der Waals surface area contributed by atoms with E-state index in [1.54, 1.807) is 0 Å². The summed E-state index contributed by atoms with van der Waals surface area (Å²) in [6.07, 6.45) is 2.02. The Morgan fingerprint density at radius 2 is 2.12 bits per heavy atom. The minimum Gasteiger partial charge on any atom is -0.370 e. The van der Waals surface area contributed by atoms with E-state index in [4.69, 9.17) is 5.73 Å². The van der Waals surface area contributed by atoms with Gasteiger partial charge < -0.3 is 16.4 Å². The fourth-order valence-electron chi connectivity index (χ4n) is 1.81. The van der Waals surface area contributed by atoms with Gasteiger partial charge in [-0.1, -0.05) is 0 Å². The molecule has 0 aromatic rings. The number of rotatable bonds is 6. The highest BCUT2D eigenvalue weighted by Crippen LogP contribution is 1.94. The number of nitrogens with two attached hydrogens (primary N) is 1. The standard InChI is InChI=1S/C11H22N4O2/c12-10(16)3-1-5-14-11(17)9-15-7-2-4-13-6-8-15/h13H,1-9H2,(H2,12,16)(H,14,17). The summed E-state index contributed by atoms with van der Waals surface area (Å²) in [5, 5.41) is 6.09. The van der Waals surface area contributed by atoms with Crippen LogP contribution in [-0.2, 0) is 9.59 Å². The van der Waals surface area contributed by atoms with Crippen molar-refractivity contribution in [1.82, 2.24) is 15.5 Å². The van der Waals surface area contributed by atoms with Gasteiger partial charge in [0.05, 0.1) is 6.54 Å². The minimum atomic E-state index is -0.321. The molecule has 6 nitrogen and oxygen atoms in total. The Morgan fingerprint density at radius 1 is 1.29 bits per heavy atom. The molecule has 0 unspecified atom stereocenters. The van der Waals surface area contributed by atoms with Gasteiger partial charge in [-0.2, -0.15) is 0 Å². The van der Waals surface area contributed by atoms with Gasteiger partial charge in [-0.25, -0.2) is 0 Å². The largest absolute Gasteiger partial charge is 0.370 e. The number of carbonyl (C=O) groups excluding carboxylic acids is 2. The second-order valence-corrected chi connectivity index (χ2v) is 4.30. The number of amides is 2. The summed E-state index contributed by atoms with van der Waals surface area (Å²) in [5.74, 6) is -0.297. The fourth-order valence-corrected chi connectivity index (χ4v) is 1.81. The first-order valence-electron chi connectivity index (χ1n) is 6.16. The molecule has 1 saturated heterocycles. The molecule has 6 heteroatoms. The lowest BCUT2D eigenvalue weighted by atomic mass is 10.3. The Kier molecular flexibility index (Phi) is 6.57. The number of hydrogen-bond acceptors (Lipinski definition) is 4.